The van der Waals surface area contributed by atoms with Crippen molar-refractivity contribution in [3.05, 3.63) is 70.2 Å². The molecule has 0 bridgehead atoms. The van der Waals surface area contributed by atoms with Gasteiger partial charge in [0.05, 0.1) is 0 Å². The van der Waals surface area contributed by atoms with Crippen molar-refractivity contribution in [2.45, 2.75) is 38.4 Å². The van der Waals surface area contributed by atoms with Crippen LogP contribution in [-0.2, 0) is 22.7 Å². The highest BCUT2D eigenvalue weighted by molar-refractivity contribution is 6.30. The van der Waals surface area contributed by atoms with E-state index in [0.717, 1.165) is 12.0 Å². The second-order valence-corrected chi connectivity index (χ2v) is 7.63. The van der Waals surface area contributed by atoms with Crippen LogP contribution in [0.15, 0.2) is 48.5 Å². The molecule has 1 N–H and O–H groups in total. The average molecular weight is 369 g/mol. The van der Waals surface area contributed by atoms with Gasteiger partial charge in [0, 0.05) is 24.0 Å². The Bertz CT molecular complexity index is 824. The Morgan fingerprint density at radius 3 is 2.31 bits per heavy atom. The van der Waals surface area contributed by atoms with E-state index in [2.05, 4.69) is 5.32 Å². The number of nitrogens with one attached hydrogen (secondary N) is 1. The smallest absolute Gasteiger partial charge is 0.245 e. The third-order valence-corrected chi connectivity index (χ3v) is 5.56. The lowest BCUT2D eigenvalue weighted by molar-refractivity contribution is -0.136. The van der Waals surface area contributed by atoms with Crippen molar-refractivity contribution in [2.24, 2.45) is 5.92 Å². The molecule has 0 saturated heterocycles. The number of nitrogens with zero attached hydrogens (tertiary/aromatic N) is 1. The molecule has 26 heavy (non-hydrogen) atoms. The van der Waals surface area contributed by atoms with Crippen molar-refractivity contribution in [2.75, 3.05) is 0 Å². The summed E-state index contributed by atoms with van der Waals surface area (Å²) in [6.45, 7) is 3.00. The van der Waals surface area contributed by atoms with Gasteiger partial charge in [-0.25, -0.2) is 0 Å². The number of benzene rings is 2. The predicted octanol–water partition coefficient (Wildman–Crippen LogP) is 3.49. The summed E-state index contributed by atoms with van der Waals surface area (Å²) in [7, 11) is 0. The van der Waals surface area contributed by atoms with Crippen molar-refractivity contribution in [3.8, 4) is 0 Å². The van der Waals surface area contributed by atoms with Crippen molar-refractivity contribution in [3.63, 3.8) is 0 Å². The molecule has 1 aliphatic heterocycles. The maximum absolute atomic E-state index is 12.7. The average Bonchev–Trinajstić information content (AvgIpc) is 3.32. The van der Waals surface area contributed by atoms with E-state index >= 15 is 0 Å². The Kier molecular flexibility index (Phi) is 4.45. The molecule has 1 saturated carbocycles. The maximum Gasteiger partial charge on any atom is 0.245 e. The second kappa shape index (κ2) is 6.76. The lowest BCUT2D eigenvalue weighted by atomic mass is 10.1. The Labute approximate surface area is 158 Å². The minimum Gasteiger partial charge on any atom is -0.344 e. The molecular weight excluding hydrogens is 348 g/mol. The molecule has 2 aliphatic rings. The number of amides is 2. The van der Waals surface area contributed by atoms with Crippen LogP contribution in [0.2, 0.25) is 5.02 Å². The zero-order valence-corrected chi connectivity index (χ0v) is 15.4. The van der Waals surface area contributed by atoms with Gasteiger partial charge in [0.25, 0.3) is 0 Å². The van der Waals surface area contributed by atoms with Crippen LogP contribution in [-0.4, -0.2) is 22.8 Å². The quantitative estimate of drug-likeness (QED) is 0.898. The lowest BCUT2D eigenvalue weighted by Crippen LogP contribution is -2.45. The fourth-order valence-corrected chi connectivity index (χ4v) is 3.83. The molecule has 0 unspecified atom stereocenters. The first-order valence-corrected chi connectivity index (χ1v) is 9.32. The summed E-state index contributed by atoms with van der Waals surface area (Å²) in [6, 6.07) is 15.2. The first kappa shape index (κ1) is 17.1. The molecule has 4 nitrogen and oxygen atoms in total. The number of hydrogen-bond acceptors (Lipinski definition) is 2. The van der Waals surface area contributed by atoms with Gasteiger partial charge in [-0.3, -0.25) is 9.59 Å². The topological polar surface area (TPSA) is 49.4 Å². The summed E-state index contributed by atoms with van der Waals surface area (Å²) in [5.74, 6) is 0.105. The number of fused-ring (bicyclic) bond motifs is 1. The molecule has 1 heterocycles. The van der Waals surface area contributed by atoms with Gasteiger partial charge in [0.1, 0.15) is 6.04 Å². The molecule has 0 radical (unpaired) electrons. The van der Waals surface area contributed by atoms with Crippen molar-refractivity contribution in [1.29, 1.82) is 0 Å². The summed E-state index contributed by atoms with van der Waals surface area (Å²) in [5.41, 5.74) is 3.50. The van der Waals surface area contributed by atoms with Gasteiger partial charge in [0.2, 0.25) is 11.8 Å². The molecule has 134 valence electrons. The zero-order valence-electron chi connectivity index (χ0n) is 14.6. The zero-order chi connectivity index (χ0) is 18.3. The van der Waals surface area contributed by atoms with Crippen LogP contribution in [0.4, 0.5) is 0 Å². The molecular formula is C21H21ClN2O2. The van der Waals surface area contributed by atoms with Gasteiger partial charge in [-0.05, 0) is 48.1 Å². The van der Waals surface area contributed by atoms with E-state index in [1.807, 2.05) is 48.5 Å². The summed E-state index contributed by atoms with van der Waals surface area (Å²) >= 11 is 5.91. The SMILES string of the molecule is C[C@@H](NC(=O)[C@@H]1C[C@H]1c1ccc(Cl)cc1)C(=O)N1Cc2ccccc2C1. The van der Waals surface area contributed by atoms with Gasteiger partial charge in [-0.15, -0.1) is 0 Å². The normalized spacial score (nSPS) is 21.8. The van der Waals surface area contributed by atoms with E-state index in [1.165, 1.54) is 11.1 Å². The second-order valence-electron chi connectivity index (χ2n) is 7.19. The van der Waals surface area contributed by atoms with Crippen LogP contribution in [0.3, 0.4) is 0 Å². The van der Waals surface area contributed by atoms with Crippen LogP contribution in [0.25, 0.3) is 0 Å². The molecule has 2 aromatic rings. The highest BCUT2D eigenvalue weighted by Crippen LogP contribution is 2.47. The molecule has 4 rings (SSSR count). The highest BCUT2D eigenvalue weighted by Gasteiger charge is 2.44. The molecule has 1 fully saturated rings. The van der Waals surface area contributed by atoms with E-state index in [1.54, 1.807) is 11.8 Å². The molecule has 0 spiro atoms. The van der Waals surface area contributed by atoms with Crippen LogP contribution >= 0.6 is 11.6 Å². The van der Waals surface area contributed by atoms with Gasteiger partial charge in [-0.1, -0.05) is 48.0 Å². The van der Waals surface area contributed by atoms with Crippen LogP contribution in [0, 0.1) is 5.92 Å². The van der Waals surface area contributed by atoms with E-state index in [4.69, 9.17) is 11.6 Å². The van der Waals surface area contributed by atoms with E-state index in [9.17, 15) is 9.59 Å². The fourth-order valence-electron chi connectivity index (χ4n) is 3.71. The van der Waals surface area contributed by atoms with Gasteiger partial charge < -0.3 is 10.2 Å². The number of halogens is 1. The molecule has 3 atom stereocenters. The maximum atomic E-state index is 12.7. The molecule has 2 amide bonds. The van der Waals surface area contributed by atoms with E-state index < -0.39 is 6.04 Å². The first-order valence-electron chi connectivity index (χ1n) is 8.94. The number of carbonyl (C=O) groups excluding carboxylic acids is 2. The summed E-state index contributed by atoms with van der Waals surface area (Å²) in [6.07, 6.45) is 0.823. The third kappa shape index (κ3) is 3.34. The molecule has 0 aromatic heterocycles. The summed E-state index contributed by atoms with van der Waals surface area (Å²) in [5, 5.41) is 3.60. The first-order chi connectivity index (χ1) is 12.5. The molecule has 2 aromatic carbocycles. The number of rotatable bonds is 4. The van der Waals surface area contributed by atoms with Crippen molar-refractivity contribution < 1.29 is 9.59 Å². The minimum absolute atomic E-state index is 0.0294. The minimum atomic E-state index is -0.511. The fraction of sp³-hybridized carbons (Fsp3) is 0.333. The lowest BCUT2D eigenvalue weighted by Gasteiger charge is -2.21. The molecule has 1 aliphatic carbocycles. The summed E-state index contributed by atoms with van der Waals surface area (Å²) < 4.78 is 0. The Morgan fingerprint density at radius 1 is 1.08 bits per heavy atom. The van der Waals surface area contributed by atoms with Crippen molar-refractivity contribution >= 4 is 23.4 Å². The van der Waals surface area contributed by atoms with Gasteiger partial charge >= 0.3 is 0 Å². The van der Waals surface area contributed by atoms with E-state index in [0.29, 0.717) is 18.1 Å². The Hall–Kier alpha value is -2.33. The van der Waals surface area contributed by atoms with E-state index in [-0.39, 0.29) is 23.7 Å². The Morgan fingerprint density at radius 2 is 1.69 bits per heavy atom. The summed E-state index contributed by atoms with van der Waals surface area (Å²) in [4.78, 5) is 27.0. The standard InChI is InChI=1S/C21H21ClN2O2/c1-13(21(26)24-11-15-4-2-3-5-16(15)12-24)23-20(25)19-10-18(19)14-6-8-17(22)9-7-14/h2-9,13,18-19H,10-12H2,1H3,(H,23,25)/t13-,18+,19-/m1/s1. The highest BCUT2D eigenvalue weighted by atomic mass is 35.5. The number of hydrogen-bond donors (Lipinski definition) is 1. The number of carbonyl (C=O) groups is 2. The van der Waals surface area contributed by atoms with Gasteiger partial charge in [0.15, 0.2) is 0 Å². The van der Waals surface area contributed by atoms with Gasteiger partial charge in [-0.2, -0.15) is 0 Å². The monoisotopic (exact) mass is 368 g/mol. The Balaban J connectivity index is 1.32. The molecule has 5 heteroatoms. The van der Waals surface area contributed by atoms with Crippen molar-refractivity contribution in [1.82, 2.24) is 10.2 Å². The third-order valence-electron chi connectivity index (χ3n) is 5.31. The van der Waals surface area contributed by atoms with Crippen LogP contribution in [0.1, 0.15) is 36.0 Å². The largest absolute Gasteiger partial charge is 0.344 e. The van der Waals surface area contributed by atoms with Crippen LogP contribution < -0.4 is 5.32 Å². The predicted molar refractivity (Wildman–Crippen MR) is 101 cm³/mol. The van der Waals surface area contributed by atoms with Crippen LogP contribution in [0.5, 0.6) is 0 Å².